The average Bonchev–Trinajstić information content (AvgIpc) is 3.56. The summed E-state index contributed by atoms with van der Waals surface area (Å²) < 4.78 is 66.1. The Morgan fingerprint density at radius 2 is 1.98 bits per heavy atom. The van der Waals surface area contributed by atoms with Crippen molar-refractivity contribution in [2.24, 2.45) is 0 Å². The summed E-state index contributed by atoms with van der Waals surface area (Å²) >= 11 is 1.15. The van der Waals surface area contributed by atoms with Crippen molar-refractivity contribution in [2.75, 3.05) is 11.1 Å². The van der Waals surface area contributed by atoms with Crippen LogP contribution in [0.4, 0.5) is 33.6 Å². The number of nitrogens with one attached hydrogen (secondary N) is 1. The number of nitrogens with zero attached hydrogens (tertiary/aromatic N) is 6. The summed E-state index contributed by atoms with van der Waals surface area (Å²) in [7, 11) is 0. The van der Waals surface area contributed by atoms with E-state index >= 15 is 0 Å². The molecule has 1 atom stereocenters. The van der Waals surface area contributed by atoms with Gasteiger partial charge in [0.1, 0.15) is 27.8 Å². The Balaban J connectivity index is 1.53. The summed E-state index contributed by atoms with van der Waals surface area (Å²) in [5.41, 5.74) is 5.66. The Hall–Kier alpha value is -4.28. The molecule has 4 N–H and O–H groups in total. The van der Waals surface area contributed by atoms with Crippen LogP contribution in [0.3, 0.4) is 0 Å². The van der Waals surface area contributed by atoms with Crippen LogP contribution in [0.1, 0.15) is 36.0 Å². The zero-order valence-corrected chi connectivity index (χ0v) is 21.3. The summed E-state index contributed by atoms with van der Waals surface area (Å²) in [6.45, 7) is 0.770. The van der Waals surface area contributed by atoms with E-state index in [2.05, 4.69) is 30.4 Å². The lowest BCUT2D eigenvalue weighted by molar-refractivity contribution is -0.285. The lowest BCUT2D eigenvalue weighted by Crippen LogP contribution is -2.37. The molecule has 0 saturated carbocycles. The summed E-state index contributed by atoms with van der Waals surface area (Å²) in [5.74, 6) is -6.61. The van der Waals surface area contributed by atoms with Gasteiger partial charge in [0.05, 0.1) is 23.1 Å². The number of carboxylic acids is 1. The van der Waals surface area contributed by atoms with Crippen molar-refractivity contribution in [1.29, 1.82) is 0 Å². The molecule has 5 rings (SSSR count). The Kier molecular flexibility index (Phi) is 6.43. The summed E-state index contributed by atoms with van der Waals surface area (Å²) in [6.07, 6.45) is -5.93. The van der Waals surface area contributed by atoms with Crippen molar-refractivity contribution >= 4 is 45.9 Å². The number of aliphatic carboxylic acids is 1. The van der Waals surface area contributed by atoms with Crippen LogP contribution in [0, 0.1) is 0 Å². The van der Waals surface area contributed by atoms with E-state index in [-0.39, 0.29) is 52.6 Å². The van der Waals surface area contributed by atoms with Crippen LogP contribution in [-0.2, 0) is 28.0 Å². The van der Waals surface area contributed by atoms with E-state index in [1.54, 1.807) is 12.3 Å². The standard InChI is InChI=1S/C23H19F5N8O3S/c1-21(20-31-10(9-40-20)4-5-12(37)38)13-15(29)32-17(33-16(13)34-19(21)39)14-11-3-2-7-30-18(11)36(35-14)8-6-22(24,25)23(26,27)28/h2-3,7,9H,4-6,8H2,1H3,(H,37,38)(H3,29,32,33,34,39). The number of carbonyl (C=O) groups excluding carboxylic acids is 1. The Morgan fingerprint density at radius 3 is 2.67 bits per heavy atom. The van der Waals surface area contributed by atoms with Gasteiger partial charge in [0, 0.05) is 31.0 Å². The SMILES string of the molecule is CC1(c2nc(CCC(=O)O)cs2)C(=O)Nc2nc(-c3nn(CCC(F)(F)C(F)(F)F)c4ncccc34)nc(N)c21. The van der Waals surface area contributed by atoms with Crippen LogP contribution in [0.25, 0.3) is 22.6 Å². The number of amides is 1. The number of fused-ring (bicyclic) bond motifs is 2. The minimum Gasteiger partial charge on any atom is -0.481 e. The zero-order valence-electron chi connectivity index (χ0n) is 20.5. The third-order valence-electron chi connectivity index (χ3n) is 6.47. The van der Waals surface area contributed by atoms with Gasteiger partial charge >= 0.3 is 18.1 Å². The van der Waals surface area contributed by atoms with Gasteiger partial charge in [-0.1, -0.05) is 0 Å². The molecule has 1 amide bonds. The van der Waals surface area contributed by atoms with E-state index in [9.17, 15) is 31.5 Å². The first-order valence-electron chi connectivity index (χ1n) is 11.6. The van der Waals surface area contributed by atoms with E-state index in [4.69, 9.17) is 10.8 Å². The van der Waals surface area contributed by atoms with Crippen molar-refractivity contribution in [3.63, 3.8) is 0 Å². The van der Waals surface area contributed by atoms with Crippen LogP contribution >= 0.6 is 11.3 Å². The number of nitrogen functional groups attached to an aromatic ring is 1. The minimum absolute atomic E-state index is 0.0148. The third-order valence-corrected chi connectivity index (χ3v) is 7.58. The predicted octanol–water partition coefficient (Wildman–Crippen LogP) is 3.79. The fraction of sp³-hybridized carbons (Fsp3) is 0.348. The number of thiazole rings is 1. The minimum atomic E-state index is -5.72. The van der Waals surface area contributed by atoms with Crippen molar-refractivity contribution in [2.45, 2.75) is 50.2 Å². The highest BCUT2D eigenvalue weighted by molar-refractivity contribution is 7.10. The number of nitrogens with two attached hydrogens (primary N) is 1. The molecule has 1 unspecified atom stereocenters. The number of aryl methyl sites for hydroxylation is 2. The van der Waals surface area contributed by atoms with Gasteiger partial charge in [-0.25, -0.2) is 24.6 Å². The normalized spacial score (nSPS) is 17.3. The predicted molar refractivity (Wildman–Crippen MR) is 132 cm³/mol. The number of hydrogen-bond acceptors (Lipinski definition) is 9. The molecule has 4 aromatic rings. The summed E-state index contributed by atoms with van der Waals surface area (Å²) in [4.78, 5) is 41.2. The van der Waals surface area contributed by atoms with Crippen molar-refractivity contribution < 1.29 is 36.6 Å². The largest absolute Gasteiger partial charge is 0.481 e. The van der Waals surface area contributed by atoms with E-state index in [1.165, 1.54) is 18.3 Å². The first kappa shape index (κ1) is 27.3. The van der Waals surface area contributed by atoms with Gasteiger partial charge in [0.25, 0.3) is 0 Å². The van der Waals surface area contributed by atoms with Gasteiger partial charge in [0.15, 0.2) is 11.5 Å². The second-order valence-electron chi connectivity index (χ2n) is 9.17. The number of carbonyl (C=O) groups is 2. The zero-order chi connectivity index (χ0) is 29.0. The van der Waals surface area contributed by atoms with E-state index < -0.39 is 42.4 Å². The highest BCUT2D eigenvalue weighted by atomic mass is 32.1. The summed E-state index contributed by atoms with van der Waals surface area (Å²) in [5, 5.41) is 18.0. The molecule has 0 radical (unpaired) electrons. The van der Waals surface area contributed by atoms with Crippen LogP contribution in [0.5, 0.6) is 0 Å². The number of anilines is 2. The maximum absolute atomic E-state index is 13.6. The van der Waals surface area contributed by atoms with Gasteiger partial charge < -0.3 is 16.2 Å². The van der Waals surface area contributed by atoms with Crippen LogP contribution < -0.4 is 11.1 Å². The first-order chi connectivity index (χ1) is 18.7. The fourth-order valence-electron chi connectivity index (χ4n) is 4.32. The van der Waals surface area contributed by atoms with Gasteiger partial charge in [0.2, 0.25) is 5.91 Å². The lowest BCUT2D eigenvalue weighted by Gasteiger charge is -2.20. The fourth-order valence-corrected chi connectivity index (χ4v) is 5.34. The van der Waals surface area contributed by atoms with E-state index in [0.717, 1.165) is 16.0 Å². The molecule has 4 aromatic heterocycles. The molecule has 1 aliphatic heterocycles. The molecule has 1 aliphatic rings. The van der Waals surface area contributed by atoms with Gasteiger partial charge in [-0.15, -0.1) is 11.3 Å². The monoisotopic (exact) mass is 582 g/mol. The molecule has 17 heteroatoms. The molecular weight excluding hydrogens is 563 g/mol. The molecule has 0 aliphatic carbocycles. The van der Waals surface area contributed by atoms with Crippen molar-refractivity contribution in [3.05, 3.63) is 40.0 Å². The van der Waals surface area contributed by atoms with Gasteiger partial charge in [-0.05, 0) is 19.1 Å². The molecule has 0 aromatic carbocycles. The molecule has 5 heterocycles. The van der Waals surface area contributed by atoms with Gasteiger partial charge in [-0.3, -0.25) is 9.59 Å². The second-order valence-corrected chi connectivity index (χ2v) is 10.0. The van der Waals surface area contributed by atoms with Crippen molar-refractivity contribution in [1.82, 2.24) is 29.7 Å². The van der Waals surface area contributed by atoms with E-state index in [1.807, 2.05) is 0 Å². The number of hydrogen-bond donors (Lipinski definition) is 3. The van der Waals surface area contributed by atoms with Crippen LogP contribution in [-0.4, -0.2) is 58.8 Å². The number of halogens is 5. The number of carboxylic acid groups (broad SMARTS) is 1. The smallest absolute Gasteiger partial charge is 0.453 e. The number of pyridine rings is 1. The summed E-state index contributed by atoms with van der Waals surface area (Å²) in [6, 6.07) is 3.04. The Bertz CT molecular complexity index is 1650. The number of alkyl halides is 5. The van der Waals surface area contributed by atoms with Gasteiger partial charge in [-0.2, -0.15) is 27.1 Å². The highest BCUT2D eigenvalue weighted by Gasteiger charge is 2.57. The van der Waals surface area contributed by atoms with Crippen LogP contribution in [0.2, 0.25) is 0 Å². The number of aromatic nitrogens is 6. The highest BCUT2D eigenvalue weighted by Crippen LogP contribution is 2.46. The Labute approximate surface area is 225 Å². The molecule has 0 bridgehead atoms. The lowest BCUT2D eigenvalue weighted by atomic mass is 9.85. The third kappa shape index (κ3) is 4.48. The molecule has 0 fully saturated rings. The molecule has 11 nitrogen and oxygen atoms in total. The molecular formula is C23H19F5N8O3S. The molecule has 210 valence electrons. The quantitative estimate of drug-likeness (QED) is 0.263. The van der Waals surface area contributed by atoms with Crippen LogP contribution in [0.15, 0.2) is 23.7 Å². The molecule has 0 spiro atoms. The topological polar surface area (TPSA) is 162 Å². The maximum atomic E-state index is 13.6. The average molecular weight is 583 g/mol. The molecule has 40 heavy (non-hydrogen) atoms. The Morgan fingerprint density at radius 1 is 1.23 bits per heavy atom. The van der Waals surface area contributed by atoms with E-state index in [0.29, 0.717) is 10.7 Å². The first-order valence-corrected chi connectivity index (χ1v) is 12.5. The second kappa shape index (κ2) is 9.42. The maximum Gasteiger partial charge on any atom is 0.453 e. The van der Waals surface area contributed by atoms with Crippen molar-refractivity contribution in [3.8, 4) is 11.5 Å². The number of rotatable bonds is 8. The molecule has 0 saturated heterocycles.